The molecule has 6 atom stereocenters. The summed E-state index contributed by atoms with van der Waals surface area (Å²) in [6.07, 6.45) is -0.166. The molecule has 0 bridgehead atoms. The Bertz CT molecular complexity index is 2640. The molecular formula is C48H57N9O6S2. The molecule has 8 rings (SSSR count). The van der Waals surface area contributed by atoms with Crippen LogP contribution in [0.25, 0.3) is 15.4 Å². The summed E-state index contributed by atoms with van der Waals surface area (Å²) in [6, 6.07) is 13.3. The number of benzene rings is 2. The van der Waals surface area contributed by atoms with E-state index in [4.69, 9.17) is 9.73 Å². The SMILES string of the molecule is COC(=O)C[C@@H]1N=C(c2ccc(N3CC[C@@H](C(=O)N[C@H](C(=O)N4C[C@H](O)C[C@H]4C(=O)N[C@@H](C)c4ccc(-c5scnc5C)cc4)C(C)(C)C)C3)cc2)c2c(sc(C)c2C)-n2c(C)nnc21. The number of hydrogen-bond donors (Lipinski definition) is 3. The summed E-state index contributed by atoms with van der Waals surface area (Å²) in [5, 5.41) is 26.7. The molecule has 2 aromatic carbocycles. The normalized spacial score (nSPS) is 20.4. The van der Waals surface area contributed by atoms with E-state index in [9.17, 15) is 24.3 Å². The van der Waals surface area contributed by atoms with Crippen molar-refractivity contribution >= 4 is 57.8 Å². The Balaban J connectivity index is 0.941. The third-order valence-corrected chi connectivity index (χ3v) is 15.1. The van der Waals surface area contributed by atoms with Gasteiger partial charge in [0.15, 0.2) is 5.82 Å². The van der Waals surface area contributed by atoms with Gasteiger partial charge in [0, 0.05) is 47.7 Å². The number of fused-ring (bicyclic) bond motifs is 3. The van der Waals surface area contributed by atoms with Crippen LogP contribution in [0.5, 0.6) is 0 Å². The first kappa shape index (κ1) is 45.8. The largest absolute Gasteiger partial charge is 0.469 e. The van der Waals surface area contributed by atoms with E-state index in [1.807, 2.05) is 100 Å². The zero-order valence-corrected chi connectivity index (χ0v) is 40.0. The topological polar surface area (TPSA) is 184 Å². The van der Waals surface area contributed by atoms with Crippen molar-refractivity contribution in [3.05, 3.63) is 98.5 Å². The molecule has 2 fully saturated rings. The lowest BCUT2D eigenvalue weighted by molar-refractivity contribution is -0.144. The Kier molecular flexibility index (Phi) is 12.8. The number of aliphatic hydroxyl groups is 1. The number of thiophene rings is 1. The molecule has 0 aliphatic carbocycles. The van der Waals surface area contributed by atoms with E-state index in [0.29, 0.717) is 31.2 Å². The van der Waals surface area contributed by atoms with E-state index >= 15 is 0 Å². The summed E-state index contributed by atoms with van der Waals surface area (Å²) >= 11 is 3.23. The van der Waals surface area contributed by atoms with Crippen molar-refractivity contribution in [3.63, 3.8) is 0 Å². The number of likely N-dealkylation sites (tertiary alicyclic amines) is 1. The molecule has 3 amide bonds. The summed E-state index contributed by atoms with van der Waals surface area (Å²) < 4.78 is 7.04. The maximum Gasteiger partial charge on any atom is 0.308 e. The number of aliphatic hydroxyl groups excluding tert-OH is 1. The van der Waals surface area contributed by atoms with Crippen molar-refractivity contribution in [2.45, 2.75) is 105 Å². The van der Waals surface area contributed by atoms with Crippen molar-refractivity contribution in [1.29, 1.82) is 0 Å². The number of anilines is 1. The highest BCUT2D eigenvalue weighted by atomic mass is 32.1. The number of thiazole rings is 1. The van der Waals surface area contributed by atoms with Crippen molar-refractivity contribution in [1.82, 2.24) is 35.3 Å². The number of aliphatic imine (C=N–C) groups is 1. The van der Waals surface area contributed by atoms with Crippen LogP contribution in [0, 0.1) is 39.0 Å². The third-order valence-electron chi connectivity index (χ3n) is 12.9. The smallest absolute Gasteiger partial charge is 0.308 e. The number of rotatable bonds is 11. The zero-order valence-electron chi connectivity index (χ0n) is 38.3. The van der Waals surface area contributed by atoms with Gasteiger partial charge in [-0.05, 0) is 75.3 Å². The van der Waals surface area contributed by atoms with Crippen molar-refractivity contribution in [2.75, 3.05) is 31.6 Å². The summed E-state index contributed by atoms with van der Waals surface area (Å²) in [7, 11) is 1.37. The Morgan fingerprint density at radius 1 is 0.938 bits per heavy atom. The number of carbonyl (C=O) groups excluding carboxylic acids is 4. The fourth-order valence-electron chi connectivity index (χ4n) is 9.08. The average Bonchev–Trinajstić information content (AvgIpc) is 4.12. The molecule has 0 unspecified atom stereocenters. The van der Waals surface area contributed by atoms with E-state index in [2.05, 4.69) is 44.6 Å². The van der Waals surface area contributed by atoms with Crippen LogP contribution in [0.3, 0.4) is 0 Å². The van der Waals surface area contributed by atoms with Crippen LogP contribution in [-0.4, -0.2) is 104 Å². The quantitative estimate of drug-likeness (QED) is 0.127. The first-order chi connectivity index (χ1) is 30.9. The number of carbonyl (C=O) groups is 4. The first-order valence-electron chi connectivity index (χ1n) is 22.1. The molecule has 0 saturated carbocycles. The Morgan fingerprint density at radius 2 is 1.65 bits per heavy atom. The lowest BCUT2D eigenvalue weighted by Gasteiger charge is -2.36. The number of methoxy groups -OCH3 is 1. The Morgan fingerprint density at radius 3 is 2.31 bits per heavy atom. The Hall–Kier alpha value is -5.78. The van der Waals surface area contributed by atoms with Crippen LogP contribution in [-0.2, 0) is 23.9 Å². The molecule has 3 aromatic heterocycles. The molecule has 3 aliphatic rings. The molecule has 5 aromatic rings. The minimum atomic E-state index is -0.932. The molecule has 2 saturated heterocycles. The van der Waals surface area contributed by atoms with E-state index in [-0.39, 0.29) is 43.2 Å². The van der Waals surface area contributed by atoms with Gasteiger partial charge in [0.05, 0.1) is 53.4 Å². The van der Waals surface area contributed by atoms with Gasteiger partial charge in [-0.1, -0.05) is 57.2 Å². The molecule has 0 radical (unpaired) electrons. The molecule has 65 heavy (non-hydrogen) atoms. The second-order valence-electron chi connectivity index (χ2n) is 18.5. The molecule has 17 heteroatoms. The van der Waals surface area contributed by atoms with E-state index in [1.54, 1.807) is 22.7 Å². The van der Waals surface area contributed by atoms with Crippen LogP contribution in [0.15, 0.2) is 59.0 Å². The second kappa shape index (κ2) is 18.2. The van der Waals surface area contributed by atoms with Crippen molar-refractivity contribution < 1.29 is 29.0 Å². The lowest BCUT2D eigenvalue weighted by atomic mass is 9.85. The van der Waals surface area contributed by atoms with Crippen LogP contribution < -0.4 is 15.5 Å². The molecule has 3 N–H and O–H groups in total. The summed E-state index contributed by atoms with van der Waals surface area (Å²) in [5.74, 6) is -0.449. The van der Waals surface area contributed by atoms with Gasteiger partial charge >= 0.3 is 5.97 Å². The fraction of sp³-hybridized carbons (Fsp3) is 0.458. The predicted molar refractivity (Wildman–Crippen MR) is 252 cm³/mol. The summed E-state index contributed by atoms with van der Waals surface area (Å²) in [4.78, 5) is 70.3. The minimum absolute atomic E-state index is 0.00396. The molecule has 0 spiro atoms. The molecule has 342 valence electrons. The van der Waals surface area contributed by atoms with Crippen molar-refractivity contribution in [3.8, 4) is 15.4 Å². The van der Waals surface area contributed by atoms with Gasteiger partial charge in [-0.15, -0.1) is 32.9 Å². The maximum atomic E-state index is 14.4. The van der Waals surface area contributed by atoms with Gasteiger partial charge in [0.2, 0.25) is 17.7 Å². The van der Waals surface area contributed by atoms with Gasteiger partial charge in [-0.3, -0.25) is 28.7 Å². The Labute approximate surface area is 387 Å². The highest BCUT2D eigenvalue weighted by molar-refractivity contribution is 7.15. The van der Waals surface area contributed by atoms with Gasteiger partial charge in [-0.2, -0.15) is 0 Å². The van der Waals surface area contributed by atoms with Gasteiger partial charge in [0.1, 0.15) is 29.0 Å². The number of hydrogen-bond acceptors (Lipinski definition) is 13. The number of ether oxygens (including phenoxy) is 1. The zero-order chi connectivity index (χ0) is 46.5. The average molecular weight is 920 g/mol. The maximum absolute atomic E-state index is 14.4. The number of nitrogens with zero attached hydrogens (tertiary/aromatic N) is 7. The lowest BCUT2D eigenvalue weighted by Crippen LogP contribution is -2.58. The third kappa shape index (κ3) is 9.10. The number of amides is 3. The van der Waals surface area contributed by atoms with Crippen LogP contribution in [0.2, 0.25) is 0 Å². The number of aromatic nitrogens is 4. The number of nitrogens with one attached hydrogen (secondary N) is 2. The molecule has 6 heterocycles. The van der Waals surface area contributed by atoms with Crippen LogP contribution in [0.1, 0.15) is 104 Å². The first-order valence-corrected chi connectivity index (χ1v) is 23.7. The monoisotopic (exact) mass is 919 g/mol. The number of β-amino-alcohol motifs (C(OH)–C–C–N with tert-alkyl or cyclic N) is 1. The van der Waals surface area contributed by atoms with Gasteiger partial charge in [-0.25, -0.2) is 4.98 Å². The highest BCUT2D eigenvalue weighted by Crippen LogP contribution is 2.40. The second-order valence-corrected chi connectivity index (χ2v) is 20.5. The van der Waals surface area contributed by atoms with Crippen LogP contribution >= 0.6 is 22.7 Å². The molecular weight excluding hydrogens is 863 g/mol. The highest BCUT2D eigenvalue weighted by Gasteiger charge is 2.45. The van der Waals surface area contributed by atoms with Crippen LogP contribution in [0.4, 0.5) is 5.69 Å². The predicted octanol–water partition coefficient (Wildman–Crippen LogP) is 6.34. The number of aryl methyl sites for hydroxylation is 3. The van der Waals surface area contributed by atoms with Crippen molar-refractivity contribution in [2.24, 2.45) is 16.3 Å². The van der Waals surface area contributed by atoms with E-state index in [1.165, 1.54) is 12.0 Å². The summed E-state index contributed by atoms with van der Waals surface area (Å²) in [6.45, 7) is 16.7. The summed E-state index contributed by atoms with van der Waals surface area (Å²) in [5.41, 5.74) is 8.72. The van der Waals surface area contributed by atoms with E-state index < -0.39 is 41.5 Å². The standard InChI is InChI=1S/C48H57N9O6S2/c1-25-28(4)65-47-39(25)40(51-36(21-38(59)63-9)43-54-53-29(5)57(43)47)31-14-16-34(17-15-31)55-19-18-33(22-55)44(60)52-42(48(6,7)8)46(62)56-23-35(58)20-37(56)45(61)50-26(2)30-10-12-32(13-11-30)41-27(3)49-24-64-41/h10-17,24,26,33,35-37,42,58H,18-23H2,1-9H3,(H,50,61)(H,52,60)/t26-,33+,35+,36-,37-,42+/m0/s1. The van der Waals surface area contributed by atoms with E-state index in [0.717, 1.165) is 59.7 Å². The fourth-order valence-corrected chi connectivity index (χ4v) is 11.1. The van der Waals surface area contributed by atoms with Gasteiger partial charge in [0.25, 0.3) is 0 Å². The molecule has 3 aliphatic heterocycles. The van der Waals surface area contributed by atoms with Gasteiger partial charge < -0.3 is 30.3 Å². The number of esters is 1. The minimum Gasteiger partial charge on any atom is -0.469 e. The molecule has 15 nitrogen and oxygen atoms in total.